The molecule has 0 aliphatic carbocycles. The zero-order valence-corrected chi connectivity index (χ0v) is 11.4. The predicted molar refractivity (Wildman–Crippen MR) is 75.2 cm³/mol. The summed E-state index contributed by atoms with van der Waals surface area (Å²) in [6.07, 6.45) is 0.443. The van der Waals surface area contributed by atoms with E-state index in [0.29, 0.717) is 17.1 Å². The molecule has 0 aliphatic heterocycles. The first-order chi connectivity index (χ1) is 9.01. The van der Waals surface area contributed by atoms with Gasteiger partial charge in [0.25, 0.3) is 0 Å². The molecule has 1 unspecified atom stereocenters. The van der Waals surface area contributed by atoms with Gasteiger partial charge in [0, 0.05) is 0 Å². The number of aliphatic carboxylic acids is 1. The number of hydrogen-bond donors (Lipinski definition) is 2. The summed E-state index contributed by atoms with van der Waals surface area (Å²) in [7, 11) is 0. The third-order valence-corrected chi connectivity index (χ3v) is 3.83. The van der Waals surface area contributed by atoms with E-state index in [9.17, 15) is 9.90 Å². The number of phenolic OH excluding ortho intramolecular Hbond substituents is 1. The van der Waals surface area contributed by atoms with Crippen molar-refractivity contribution < 1.29 is 15.0 Å². The molecular weight excluding hydrogens is 264 g/mol. The van der Waals surface area contributed by atoms with Gasteiger partial charge in [0.15, 0.2) is 0 Å². The molecule has 0 radical (unpaired) electrons. The molecule has 100 valence electrons. The van der Waals surface area contributed by atoms with Gasteiger partial charge < -0.3 is 10.2 Å². The van der Waals surface area contributed by atoms with Crippen molar-refractivity contribution in [1.29, 1.82) is 0 Å². The van der Waals surface area contributed by atoms with Gasteiger partial charge in [-0.25, -0.2) is 9.78 Å². The highest BCUT2D eigenvalue weighted by Gasteiger charge is 2.15. The third kappa shape index (κ3) is 2.90. The number of benzene rings is 1. The van der Waals surface area contributed by atoms with Crippen molar-refractivity contribution in [1.82, 2.24) is 4.98 Å². The number of carbonyl (C=O) groups is 1. The quantitative estimate of drug-likeness (QED) is 0.842. The van der Waals surface area contributed by atoms with E-state index >= 15 is 0 Å². The fourth-order valence-electron chi connectivity index (χ4n) is 1.68. The Morgan fingerprint density at radius 3 is 2.89 bits per heavy atom. The maximum Gasteiger partial charge on any atom is 0.328 e. The number of aromatic nitrogens is 1. The smallest absolute Gasteiger partial charge is 0.328 e. The van der Waals surface area contributed by atoms with Crippen molar-refractivity contribution in [3.05, 3.63) is 23.2 Å². The Hall–Kier alpha value is -1.95. The average Bonchev–Trinajstić information content (AvgIpc) is 2.78. The molecule has 1 aromatic carbocycles. The van der Waals surface area contributed by atoms with Crippen LogP contribution in [0.25, 0.3) is 10.2 Å². The molecule has 19 heavy (non-hydrogen) atoms. The Kier molecular flexibility index (Phi) is 3.80. The van der Waals surface area contributed by atoms with Gasteiger partial charge in [-0.05, 0) is 31.5 Å². The number of phenols is 1. The van der Waals surface area contributed by atoms with Gasteiger partial charge >= 0.3 is 5.97 Å². The minimum Gasteiger partial charge on any atom is -0.508 e. The number of carboxylic acid groups (broad SMARTS) is 1. The van der Waals surface area contributed by atoms with Crippen LogP contribution in [-0.2, 0) is 4.79 Å². The summed E-state index contributed by atoms with van der Waals surface area (Å²) >= 11 is 1.39. The van der Waals surface area contributed by atoms with E-state index in [1.165, 1.54) is 11.3 Å². The van der Waals surface area contributed by atoms with Gasteiger partial charge in [0.1, 0.15) is 16.8 Å². The van der Waals surface area contributed by atoms with E-state index < -0.39 is 12.0 Å². The number of aliphatic imine (C=N–C) groups is 1. The van der Waals surface area contributed by atoms with Gasteiger partial charge in [-0.1, -0.05) is 6.92 Å². The first-order valence-corrected chi connectivity index (χ1v) is 6.70. The van der Waals surface area contributed by atoms with Crippen molar-refractivity contribution in [3.8, 4) is 5.75 Å². The highest BCUT2D eigenvalue weighted by atomic mass is 32.1. The minimum atomic E-state index is -0.930. The molecule has 0 aliphatic rings. The molecule has 0 spiro atoms. The molecule has 0 amide bonds. The van der Waals surface area contributed by atoms with Gasteiger partial charge in [0.05, 0.1) is 15.9 Å². The highest BCUT2D eigenvalue weighted by Crippen LogP contribution is 2.26. The summed E-state index contributed by atoms with van der Waals surface area (Å²) in [5, 5.41) is 19.1. The van der Waals surface area contributed by atoms with Gasteiger partial charge in [-0.15, -0.1) is 11.3 Å². The molecule has 0 fully saturated rings. The lowest BCUT2D eigenvalue weighted by Gasteiger charge is -2.04. The lowest BCUT2D eigenvalue weighted by Crippen LogP contribution is -2.18. The molecule has 0 saturated heterocycles. The largest absolute Gasteiger partial charge is 0.508 e. The standard InChI is InChI=1S/C13H14N2O3S/c1-3-9(13(17)18)14-7(2)12-15-10-5-4-8(16)6-11(10)19-12/h4-6,9,16H,3H2,1-2H3,(H,17,18). The predicted octanol–water partition coefficient (Wildman–Crippen LogP) is 2.67. The molecule has 1 atom stereocenters. The third-order valence-electron chi connectivity index (χ3n) is 2.70. The van der Waals surface area contributed by atoms with Gasteiger partial charge in [-0.2, -0.15) is 0 Å². The van der Waals surface area contributed by atoms with Crippen molar-refractivity contribution in [2.75, 3.05) is 0 Å². The van der Waals surface area contributed by atoms with Crippen molar-refractivity contribution in [2.45, 2.75) is 26.3 Å². The van der Waals surface area contributed by atoms with Crippen LogP contribution < -0.4 is 0 Å². The van der Waals surface area contributed by atoms with Crippen LogP contribution in [0, 0.1) is 0 Å². The summed E-state index contributed by atoms with van der Waals surface area (Å²) in [5.41, 5.74) is 1.38. The first kappa shape index (κ1) is 13.5. The SMILES string of the molecule is CCC(N=C(C)c1nc2ccc(O)cc2s1)C(=O)O. The second-order valence-corrected chi connectivity index (χ2v) is 5.18. The molecule has 2 aromatic rings. The van der Waals surface area contributed by atoms with Crippen LogP contribution in [0.4, 0.5) is 0 Å². The zero-order valence-electron chi connectivity index (χ0n) is 10.6. The molecule has 5 nitrogen and oxygen atoms in total. The first-order valence-electron chi connectivity index (χ1n) is 5.88. The van der Waals surface area contributed by atoms with Crippen LogP contribution in [0.2, 0.25) is 0 Å². The van der Waals surface area contributed by atoms with E-state index in [1.807, 2.05) is 0 Å². The molecular formula is C13H14N2O3S. The topological polar surface area (TPSA) is 82.8 Å². The Morgan fingerprint density at radius 2 is 2.26 bits per heavy atom. The second-order valence-electron chi connectivity index (χ2n) is 4.15. The Balaban J connectivity index is 2.38. The molecule has 1 heterocycles. The van der Waals surface area contributed by atoms with Crippen LogP contribution >= 0.6 is 11.3 Å². The van der Waals surface area contributed by atoms with Crippen LogP contribution in [0.15, 0.2) is 23.2 Å². The molecule has 0 bridgehead atoms. The monoisotopic (exact) mass is 278 g/mol. The number of hydrogen-bond acceptors (Lipinski definition) is 5. The molecule has 6 heteroatoms. The van der Waals surface area contributed by atoms with Crippen molar-refractivity contribution >= 4 is 33.2 Å². The fourth-order valence-corrected chi connectivity index (χ4v) is 2.63. The lowest BCUT2D eigenvalue weighted by atomic mass is 10.2. The van der Waals surface area contributed by atoms with E-state index in [-0.39, 0.29) is 5.75 Å². The fraction of sp³-hybridized carbons (Fsp3) is 0.308. The molecule has 2 N–H and O–H groups in total. The van der Waals surface area contributed by atoms with Crippen LogP contribution in [-0.4, -0.2) is 32.9 Å². The van der Waals surface area contributed by atoms with E-state index in [1.54, 1.807) is 32.0 Å². The summed E-state index contributed by atoms with van der Waals surface area (Å²) in [6, 6.07) is 4.20. The summed E-state index contributed by atoms with van der Waals surface area (Å²) in [4.78, 5) is 19.5. The lowest BCUT2D eigenvalue weighted by molar-refractivity contribution is -0.138. The zero-order chi connectivity index (χ0) is 14.0. The maximum absolute atomic E-state index is 11.0. The second kappa shape index (κ2) is 5.36. The van der Waals surface area contributed by atoms with Gasteiger partial charge in [-0.3, -0.25) is 4.99 Å². The Labute approximate surface area is 114 Å². The summed E-state index contributed by atoms with van der Waals surface area (Å²) < 4.78 is 0.855. The number of rotatable bonds is 4. The van der Waals surface area contributed by atoms with E-state index in [4.69, 9.17) is 5.11 Å². The van der Waals surface area contributed by atoms with Crippen LogP contribution in [0.1, 0.15) is 25.3 Å². The normalized spacial score (nSPS) is 13.7. The number of nitrogens with zero attached hydrogens (tertiary/aromatic N) is 2. The van der Waals surface area contributed by atoms with Crippen molar-refractivity contribution in [2.24, 2.45) is 4.99 Å². The maximum atomic E-state index is 11.0. The summed E-state index contributed by atoms with van der Waals surface area (Å²) in [5.74, 6) is -0.741. The number of carboxylic acids is 1. The van der Waals surface area contributed by atoms with E-state index in [0.717, 1.165) is 10.2 Å². The Morgan fingerprint density at radius 1 is 1.53 bits per heavy atom. The highest BCUT2D eigenvalue weighted by molar-refractivity contribution is 7.20. The van der Waals surface area contributed by atoms with Gasteiger partial charge in [0.2, 0.25) is 0 Å². The van der Waals surface area contributed by atoms with E-state index in [2.05, 4.69) is 9.98 Å². The molecule has 0 saturated carbocycles. The van der Waals surface area contributed by atoms with Crippen LogP contribution in [0.3, 0.4) is 0 Å². The number of aromatic hydroxyl groups is 1. The summed E-state index contributed by atoms with van der Waals surface area (Å²) in [6.45, 7) is 3.54. The molecule has 1 aromatic heterocycles. The average molecular weight is 278 g/mol. The van der Waals surface area contributed by atoms with Crippen LogP contribution in [0.5, 0.6) is 5.75 Å². The molecule has 2 rings (SSSR count). The van der Waals surface area contributed by atoms with Crippen molar-refractivity contribution in [3.63, 3.8) is 0 Å². The minimum absolute atomic E-state index is 0.189. The Bertz CT molecular complexity index is 648. The number of thiazole rings is 1. The number of fused-ring (bicyclic) bond motifs is 1.